The maximum Gasteiger partial charge on any atom is 0.243 e. The van der Waals surface area contributed by atoms with Crippen LogP contribution in [0.3, 0.4) is 0 Å². The third kappa shape index (κ3) is 5.33. The van der Waals surface area contributed by atoms with E-state index in [4.69, 9.17) is 0 Å². The zero-order chi connectivity index (χ0) is 21.2. The Bertz CT molecular complexity index is 853. The van der Waals surface area contributed by atoms with E-state index in [0.29, 0.717) is 19.4 Å². The predicted octanol–water partition coefficient (Wildman–Crippen LogP) is 1.65. The summed E-state index contributed by atoms with van der Waals surface area (Å²) in [6.45, 7) is 4.08. The molecule has 9 heteroatoms. The Morgan fingerprint density at radius 3 is 2.38 bits per heavy atom. The minimum Gasteiger partial charge on any atom is -0.352 e. The average Bonchev–Trinajstić information content (AvgIpc) is 3.50. The first-order chi connectivity index (χ1) is 13.7. The van der Waals surface area contributed by atoms with Crippen LogP contribution in [0.25, 0.3) is 0 Å². The van der Waals surface area contributed by atoms with Gasteiger partial charge in [-0.2, -0.15) is 4.31 Å². The number of halogens is 1. The van der Waals surface area contributed by atoms with Crippen LogP contribution in [0.2, 0.25) is 0 Å². The van der Waals surface area contributed by atoms with Crippen LogP contribution in [0.4, 0.5) is 4.39 Å². The number of rotatable bonds is 7. The van der Waals surface area contributed by atoms with E-state index in [1.807, 2.05) is 13.8 Å². The standard InChI is InChI=1S/C20H28FN3O4S/c1-13(2)18(20(26)22-16-7-8-16)23-19(25)14-4-3-11-24(12-14)29(27,28)17-9-5-15(21)6-10-17/h5-6,9-10,13-14,16,18H,3-4,7-8,11-12H2,1-2H3,(H,22,26)(H,23,25)/t14-,18-/m1/s1. The van der Waals surface area contributed by atoms with E-state index in [2.05, 4.69) is 10.6 Å². The van der Waals surface area contributed by atoms with E-state index in [9.17, 15) is 22.4 Å². The minimum atomic E-state index is -3.81. The van der Waals surface area contributed by atoms with Gasteiger partial charge in [0.05, 0.1) is 10.8 Å². The number of piperidine rings is 1. The lowest BCUT2D eigenvalue weighted by molar-refractivity contribution is -0.132. The fourth-order valence-electron chi connectivity index (χ4n) is 3.46. The van der Waals surface area contributed by atoms with Crippen molar-refractivity contribution in [3.8, 4) is 0 Å². The van der Waals surface area contributed by atoms with E-state index in [0.717, 1.165) is 25.0 Å². The molecule has 1 aromatic carbocycles. The number of sulfonamides is 1. The summed E-state index contributed by atoms with van der Waals surface area (Å²) in [7, 11) is -3.81. The van der Waals surface area contributed by atoms with Crippen molar-refractivity contribution in [2.45, 2.75) is 56.5 Å². The summed E-state index contributed by atoms with van der Waals surface area (Å²) in [6.07, 6.45) is 3.02. The Morgan fingerprint density at radius 1 is 1.14 bits per heavy atom. The molecular formula is C20H28FN3O4S. The molecule has 1 aromatic rings. The highest BCUT2D eigenvalue weighted by Gasteiger charge is 2.36. The molecule has 2 atom stereocenters. The summed E-state index contributed by atoms with van der Waals surface area (Å²) in [5, 5.41) is 5.73. The summed E-state index contributed by atoms with van der Waals surface area (Å²) >= 11 is 0. The minimum absolute atomic E-state index is 0.00354. The lowest BCUT2D eigenvalue weighted by atomic mass is 9.96. The molecule has 2 aliphatic rings. The summed E-state index contributed by atoms with van der Waals surface area (Å²) in [6, 6.07) is 4.22. The monoisotopic (exact) mass is 425 g/mol. The highest BCUT2D eigenvalue weighted by atomic mass is 32.2. The van der Waals surface area contributed by atoms with Crippen molar-refractivity contribution in [2.75, 3.05) is 13.1 Å². The van der Waals surface area contributed by atoms with E-state index in [1.165, 1.54) is 16.4 Å². The molecular weight excluding hydrogens is 397 g/mol. The summed E-state index contributed by atoms with van der Waals surface area (Å²) in [5.41, 5.74) is 0. The normalized spacial score (nSPS) is 21.6. The average molecular weight is 426 g/mol. The molecule has 160 valence electrons. The van der Waals surface area contributed by atoms with Crippen LogP contribution in [0.1, 0.15) is 39.5 Å². The van der Waals surface area contributed by atoms with Gasteiger partial charge in [-0.15, -0.1) is 0 Å². The number of benzene rings is 1. The van der Waals surface area contributed by atoms with E-state index < -0.39 is 27.8 Å². The first kappa shape index (κ1) is 21.7. The van der Waals surface area contributed by atoms with E-state index >= 15 is 0 Å². The molecule has 1 aliphatic carbocycles. The third-order valence-corrected chi connectivity index (χ3v) is 7.26. The summed E-state index contributed by atoms with van der Waals surface area (Å²) < 4.78 is 40.1. The molecule has 7 nitrogen and oxygen atoms in total. The van der Waals surface area contributed by atoms with Gasteiger partial charge in [0.2, 0.25) is 21.8 Å². The van der Waals surface area contributed by atoms with Gasteiger partial charge in [0.15, 0.2) is 0 Å². The quantitative estimate of drug-likeness (QED) is 0.694. The molecule has 2 fully saturated rings. The molecule has 2 amide bonds. The Kier molecular flexibility index (Phi) is 6.58. The molecule has 1 aliphatic heterocycles. The van der Waals surface area contributed by atoms with Crippen molar-refractivity contribution in [3.63, 3.8) is 0 Å². The van der Waals surface area contributed by atoms with Gasteiger partial charge in [-0.25, -0.2) is 12.8 Å². The Labute approximate surface area is 171 Å². The number of nitrogens with one attached hydrogen (secondary N) is 2. The molecule has 3 rings (SSSR count). The number of amides is 2. The maximum absolute atomic E-state index is 13.1. The molecule has 29 heavy (non-hydrogen) atoms. The van der Waals surface area contributed by atoms with Crippen LogP contribution in [-0.2, 0) is 19.6 Å². The van der Waals surface area contributed by atoms with Crippen LogP contribution in [0, 0.1) is 17.7 Å². The first-order valence-electron chi connectivity index (χ1n) is 10.0. The smallest absolute Gasteiger partial charge is 0.243 e. The number of hydrogen-bond donors (Lipinski definition) is 2. The second kappa shape index (κ2) is 8.79. The molecule has 0 aromatic heterocycles. The Balaban J connectivity index is 1.66. The van der Waals surface area contributed by atoms with Gasteiger partial charge in [0.25, 0.3) is 0 Å². The molecule has 0 unspecified atom stereocenters. The van der Waals surface area contributed by atoms with Crippen LogP contribution in [0.15, 0.2) is 29.2 Å². The lowest BCUT2D eigenvalue weighted by Crippen LogP contribution is -2.53. The predicted molar refractivity (Wildman–Crippen MR) is 106 cm³/mol. The van der Waals surface area contributed by atoms with E-state index in [1.54, 1.807) is 0 Å². The van der Waals surface area contributed by atoms with Gasteiger partial charge in [-0.3, -0.25) is 9.59 Å². The molecule has 2 N–H and O–H groups in total. The van der Waals surface area contributed by atoms with Crippen LogP contribution in [-0.4, -0.2) is 49.7 Å². The third-order valence-electron chi connectivity index (χ3n) is 5.38. The first-order valence-corrected chi connectivity index (χ1v) is 11.5. The Morgan fingerprint density at radius 2 is 1.79 bits per heavy atom. The van der Waals surface area contributed by atoms with Crippen molar-refractivity contribution in [3.05, 3.63) is 30.1 Å². The van der Waals surface area contributed by atoms with Crippen LogP contribution >= 0.6 is 0 Å². The van der Waals surface area contributed by atoms with Crippen molar-refractivity contribution >= 4 is 21.8 Å². The van der Waals surface area contributed by atoms with Gasteiger partial charge >= 0.3 is 0 Å². The zero-order valence-corrected chi connectivity index (χ0v) is 17.5. The number of hydrogen-bond acceptors (Lipinski definition) is 4. The maximum atomic E-state index is 13.1. The molecule has 0 bridgehead atoms. The molecule has 1 heterocycles. The molecule has 1 saturated heterocycles. The van der Waals surface area contributed by atoms with Gasteiger partial charge in [-0.1, -0.05) is 13.8 Å². The Hall–Kier alpha value is -2.00. The van der Waals surface area contributed by atoms with Crippen LogP contribution in [0.5, 0.6) is 0 Å². The van der Waals surface area contributed by atoms with Gasteiger partial charge in [-0.05, 0) is 55.9 Å². The van der Waals surface area contributed by atoms with Crippen molar-refractivity contribution < 1.29 is 22.4 Å². The topological polar surface area (TPSA) is 95.6 Å². The number of nitrogens with zero attached hydrogens (tertiary/aromatic N) is 1. The van der Waals surface area contributed by atoms with Crippen molar-refractivity contribution in [1.82, 2.24) is 14.9 Å². The zero-order valence-electron chi connectivity index (χ0n) is 16.7. The molecule has 1 saturated carbocycles. The SMILES string of the molecule is CC(C)[C@@H](NC(=O)[C@@H]1CCCN(S(=O)(=O)c2ccc(F)cc2)C1)C(=O)NC1CC1. The van der Waals surface area contributed by atoms with Crippen molar-refractivity contribution in [2.24, 2.45) is 11.8 Å². The summed E-state index contributed by atoms with van der Waals surface area (Å²) in [4.78, 5) is 25.2. The van der Waals surface area contributed by atoms with E-state index in [-0.39, 0.29) is 35.2 Å². The fourth-order valence-corrected chi connectivity index (χ4v) is 4.98. The van der Waals surface area contributed by atoms with Gasteiger partial charge < -0.3 is 10.6 Å². The second-order valence-corrected chi connectivity index (χ2v) is 10.1. The largest absolute Gasteiger partial charge is 0.352 e. The highest BCUT2D eigenvalue weighted by molar-refractivity contribution is 7.89. The molecule has 0 spiro atoms. The number of carbonyl (C=O) groups excluding carboxylic acids is 2. The van der Waals surface area contributed by atoms with Gasteiger partial charge in [0, 0.05) is 19.1 Å². The molecule has 0 radical (unpaired) electrons. The highest BCUT2D eigenvalue weighted by Crippen LogP contribution is 2.25. The summed E-state index contributed by atoms with van der Waals surface area (Å²) in [5.74, 6) is -1.63. The van der Waals surface area contributed by atoms with Gasteiger partial charge in [0.1, 0.15) is 11.9 Å². The second-order valence-electron chi connectivity index (χ2n) is 8.17. The fraction of sp³-hybridized carbons (Fsp3) is 0.600. The van der Waals surface area contributed by atoms with Crippen molar-refractivity contribution in [1.29, 1.82) is 0 Å². The lowest BCUT2D eigenvalue weighted by Gasteiger charge is -2.32. The van der Waals surface area contributed by atoms with Crippen LogP contribution < -0.4 is 10.6 Å². The number of carbonyl (C=O) groups is 2.